The third-order valence-corrected chi connectivity index (χ3v) is 7.22. The zero-order valence-corrected chi connectivity index (χ0v) is 21.6. The number of methoxy groups -OCH3 is 2. The van der Waals surface area contributed by atoms with Gasteiger partial charge >= 0.3 is 0 Å². The lowest BCUT2D eigenvalue weighted by Crippen LogP contribution is -2.36. The quantitative estimate of drug-likeness (QED) is 0.309. The van der Waals surface area contributed by atoms with Gasteiger partial charge in [-0.25, -0.2) is 0 Å². The molecular weight excluding hydrogens is 434 g/mol. The van der Waals surface area contributed by atoms with Gasteiger partial charge < -0.3 is 19.1 Å². The molecule has 1 saturated heterocycles. The minimum absolute atomic E-state index is 0.458. The molecule has 0 aliphatic carbocycles. The average Bonchev–Trinajstić information content (AvgIpc) is 2.89. The van der Waals surface area contributed by atoms with Crippen molar-refractivity contribution in [1.29, 1.82) is 0 Å². The Hall–Kier alpha value is -2.98. The van der Waals surface area contributed by atoms with E-state index in [4.69, 9.17) is 14.2 Å². The third kappa shape index (κ3) is 6.37. The molecule has 0 saturated carbocycles. The molecule has 4 nitrogen and oxygen atoms in total. The molecule has 0 atom stereocenters. The highest BCUT2D eigenvalue weighted by molar-refractivity contribution is 5.51. The summed E-state index contributed by atoms with van der Waals surface area (Å²) in [4.78, 5) is 2.58. The molecule has 35 heavy (non-hydrogen) atoms. The maximum absolute atomic E-state index is 6.06. The van der Waals surface area contributed by atoms with Crippen LogP contribution >= 0.6 is 0 Å². The lowest BCUT2D eigenvalue weighted by Gasteiger charge is -2.36. The fourth-order valence-electron chi connectivity index (χ4n) is 5.22. The van der Waals surface area contributed by atoms with Crippen LogP contribution in [0.25, 0.3) is 0 Å². The first-order chi connectivity index (χ1) is 17.1. The molecule has 0 radical (unpaired) electrons. The van der Waals surface area contributed by atoms with E-state index in [-0.39, 0.29) is 0 Å². The number of ether oxygens (including phenoxy) is 3. The number of hydrogen-bond acceptors (Lipinski definition) is 4. The Labute approximate surface area is 210 Å². The van der Waals surface area contributed by atoms with Crippen LogP contribution in [0.2, 0.25) is 0 Å². The fourth-order valence-corrected chi connectivity index (χ4v) is 5.22. The standard InChI is InChI=1S/C31H39NO3/c1-23-9-13-25(14-10-23)30(26-15-11-24(2)12-16-26)27-17-20-32(21-18-27)19-6-22-35-31-28(33-3)7-5-8-29(31)34-4/h5,7-16,27,30H,6,17-22H2,1-4H3. The highest BCUT2D eigenvalue weighted by Gasteiger charge is 2.28. The average molecular weight is 474 g/mol. The molecule has 186 valence electrons. The van der Waals surface area contributed by atoms with E-state index < -0.39 is 0 Å². The Morgan fingerprint density at radius 3 is 1.77 bits per heavy atom. The minimum Gasteiger partial charge on any atom is -0.493 e. The second-order valence-corrected chi connectivity index (χ2v) is 9.67. The van der Waals surface area contributed by atoms with Crippen molar-refractivity contribution < 1.29 is 14.2 Å². The van der Waals surface area contributed by atoms with E-state index in [0.717, 1.165) is 26.1 Å². The highest BCUT2D eigenvalue weighted by Crippen LogP contribution is 2.39. The summed E-state index contributed by atoms with van der Waals surface area (Å²) in [6, 6.07) is 24.0. The molecule has 0 amide bonds. The first-order valence-corrected chi connectivity index (χ1v) is 12.8. The number of nitrogens with zero attached hydrogens (tertiary/aromatic N) is 1. The summed E-state index contributed by atoms with van der Waals surface area (Å²) in [7, 11) is 3.32. The Balaban J connectivity index is 1.33. The normalized spacial score (nSPS) is 14.8. The van der Waals surface area contributed by atoms with Gasteiger partial charge in [-0.3, -0.25) is 0 Å². The minimum atomic E-state index is 0.458. The van der Waals surface area contributed by atoms with Gasteiger partial charge in [0.25, 0.3) is 0 Å². The monoisotopic (exact) mass is 473 g/mol. The summed E-state index contributed by atoms with van der Waals surface area (Å²) in [5.74, 6) is 3.23. The van der Waals surface area contributed by atoms with Crippen molar-refractivity contribution in [1.82, 2.24) is 4.90 Å². The molecule has 1 aliphatic rings. The molecule has 0 bridgehead atoms. The van der Waals surface area contributed by atoms with Crippen LogP contribution in [0.1, 0.15) is 47.4 Å². The topological polar surface area (TPSA) is 30.9 Å². The summed E-state index contributed by atoms with van der Waals surface area (Å²) < 4.78 is 16.9. The lowest BCUT2D eigenvalue weighted by atomic mass is 9.76. The van der Waals surface area contributed by atoms with Gasteiger partial charge in [-0.05, 0) is 75.4 Å². The molecule has 4 heteroatoms. The Morgan fingerprint density at radius 1 is 0.771 bits per heavy atom. The summed E-state index contributed by atoms with van der Waals surface area (Å²) in [6.07, 6.45) is 3.41. The molecule has 0 N–H and O–H groups in total. The van der Waals surface area contributed by atoms with E-state index in [1.54, 1.807) is 14.2 Å². The fraction of sp³-hybridized carbons (Fsp3) is 0.419. The van der Waals surface area contributed by atoms with Crippen molar-refractivity contribution in [2.45, 2.75) is 39.0 Å². The first kappa shape index (κ1) is 25.1. The molecule has 4 rings (SSSR count). The summed E-state index contributed by atoms with van der Waals surface area (Å²) in [6.45, 7) is 8.29. The van der Waals surface area contributed by atoms with Crippen LogP contribution in [-0.4, -0.2) is 45.4 Å². The molecule has 1 heterocycles. The van der Waals surface area contributed by atoms with Crippen LogP contribution in [0.15, 0.2) is 66.7 Å². The zero-order chi connectivity index (χ0) is 24.6. The second kappa shape index (κ2) is 12.1. The largest absolute Gasteiger partial charge is 0.493 e. The Kier molecular flexibility index (Phi) is 8.70. The van der Waals surface area contributed by atoms with Crippen LogP contribution in [0.3, 0.4) is 0 Å². The van der Waals surface area contributed by atoms with Gasteiger partial charge in [0.15, 0.2) is 11.5 Å². The van der Waals surface area contributed by atoms with Crippen molar-refractivity contribution in [2.75, 3.05) is 40.5 Å². The van der Waals surface area contributed by atoms with Crippen LogP contribution in [0.4, 0.5) is 0 Å². The number of benzene rings is 3. The molecule has 0 aromatic heterocycles. The van der Waals surface area contributed by atoms with Gasteiger partial charge in [-0.1, -0.05) is 65.7 Å². The molecule has 1 aliphatic heterocycles. The van der Waals surface area contributed by atoms with Crippen LogP contribution in [0, 0.1) is 19.8 Å². The predicted molar refractivity (Wildman–Crippen MR) is 143 cm³/mol. The Morgan fingerprint density at radius 2 is 1.29 bits per heavy atom. The van der Waals surface area contributed by atoms with E-state index in [1.165, 1.54) is 35.1 Å². The maximum atomic E-state index is 6.06. The number of para-hydroxylation sites is 1. The number of rotatable bonds is 10. The van der Waals surface area contributed by atoms with Crippen molar-refractivity contribution in [3.63, 3.8) is 0 Å². The smallest absolute Gasteiger partial charge is 0.203 e. The van der Waals surface area contributed by atoms with E-state index in [2.05, 4.69) is 67.3 Å². The molecule has 1 fully saturated rings. The number of likely N-dealkylation sites (tertiary alicyclic amines) is 1. The first-order valence-electron chi connectivity index (χ1n) is 12.8. The van der Waals surface area contributed by atoms with E-state index >= 15 is 0 Å². The van der Waals surface area contributed by atoms with E-state index in [1.807, 2.05) is 18.2 Å². The molecule has 3 aromatic carbocycles. The molecule has 0 spiro atoms. The van der Waals surface area contributed by atoms with Crippen molar-refractivity contribution in [3.8, 4) is 17.2 Å². The van der Waals surface area contributed by atoms with Crippen LogP contribution in [-0.2, 0) is 0 Å². The SMILES string of the molecule is COc1cccc(OC)c1OCCCN1CCC(C(c2ccc(C)cc2)c2ccc(C)cc2)CC1. The summed E-state index contributed by atoms with van der Waals surface area (Å²) >= 11 is 0. The summed E-state index contributed by atoms with van der Waals surface area (Å²) in [5.41, 5.74) is 5.52. The lowest BCUT2D eigenvalue weighted by molar-refractivity contribution is 0.162. The number of aryl methyl sites for hydroxylation is 2. The van der Waals surface area contributed by atoms with Crippen molar-refractivity contribution in [2.24, 2.45) is 5.92 Å². The maximum Gasteiger partial charge on any atom is 0.203 e. The summed E-state index contributed by atoms with van der Waals surface area (Å²) in [5, 5.41) is 0. The van der Waals surface area contributed by atoms with Gasteiger partial charge in [0.05, 0.1) is 20.8 Å². The van der Waals surface area contributed by atoms with Crippen molar-refractivity contribution in [3.05, 3.63) is 89.0 Å². The van der Waals surface area contributed by atoms with Crippen LogP contribution < -0.4 is 14.2 Å². The molecule has 0 unspecified atom stereocenters. The molecular formula is C31H39NO3. The second-order valence-electron chi connectivity index (χ2n) is 9.67. The van der Waals surface area contributed by atoms with Gasteiger partial charge in [0.2, 0.25) is 5.75 Å². The molecule has 3 aromatic rings. The highest BCUT2D eigenvalue weighted by atomic mass is 16.5. The van der Waals surface area contributed by atoms with Gasteiger partial charge in [-0.15, -0.1) is 0 Å². The predicted octanol–water partition coefficient (Wildman–Crippen LogP) is 6.63. The number of hydrogen-bond donors (Lipinski definition) is 0. The van der Waals surface area contributed by atoms with Crippen molar-refractivity contribution >= 4 is 0 Å². The Bertz CT molecular complexity index is 986. The van der Waals surface area contributed by atoms with E-state index in [9.17, 15) is 0 Å². The number of piperidine rings is 1. The van der Waals surface area contributed by atoms with Gasteiger partial charge in [0.1, 0.15) is 0 Å². The van der Waals surface area contributed by atoms with Gasteiger partial charge in [-0.2, -0.15) is 0 Å². The van der Waals surface area contributed by atoms with Gasteiger partial charge in [0, 0.05) is 12.5 Å². The third-order valence-electron chi connectivity index (χ3n) is 7.22. The van der Waals surface area contributed by atoms with E-state index in [0.29, 0.717) is 35.7 Å². The van der Waals surface area contributed by atoms with Crippen LogP contribution in [0.5, 0.6) is 17.2 Å². The zero-order valence-electron chi connectivity index (χ0n) is 21.6.